The molecule has 32 heavy (non-hydrogen) atoms. The minimum Gasteiger partial charge on any atom is -0.450 e. The molecule has 0 unspecified atom stereocenters. The van der Waals surface area contributed by atoms with Gasteiger partial charge in [-0.25, -0.2) is 4.79 Å². The van der Waals surface area contributed by atoms with E-state index in [-0.39, 0.29) is 24.8 Å². The van der Waals surface area contributed by atoms with E-state index in [2.05, 4.69) is 17.3 Å². The molecule has 3 heterocycles. The first-order valence-corrected chi connectivity index (χ1v) is 11.6. The summed E-state index contributed by atoms with van der Waals surface area (Å²) in [5.41, 5.74) is 2.84. The summed E-state index contributed by atoms with van der Waals surface area (Å²) in [7, 11) is 2.08. The van der Waals surface area contributed by atoms with Crippen LogP contribution in [0.15, 0.2) is 29.6 Å². The highest BCUT2D eigenvalue weighted by atomic mass is 35.5. The second kappa shape index (κ2) is 9.48. The fourth-order valence-electron chi connectivity index (χ4n) is 4.19. The zero-order valence-corrected chi connectivity index (χ0v) is 19.1. The number of nitrogens with one attached hydrogen (secondary N) is 1. The Bertz CT molecular complexity index is 1040. The van der Waals surface area contributed by atoms with Crippen molar-refractivity contribution in [2.45, 2.75) is 31.5 Å². The minimum atomic E-state index is -1.47. The van der Waals surface area contributed by atoms with E-state index in [1.165, 1.54) is 21.8 Å². The Balaban J connectivity index is 1.51. The first-order chi connectivity index (χ1) is 15.3. The molecule has 2 aliphatic rings. The van der Waals surface area contributed by atoms with Crippen molar-refractivity contribution in [1.82, 2.24) is 15.1 Å². The maximum absolute atomic E-state index is 13.3. The Morgan fingerprint density at radius 3 is 2.62 bits per heavy atom. The van der Waals surface area contributed by atoms with Crippen molar-refractivity contribution in [3.8, 4) is 0 Å². The standard InChI is InChI=1S/C22H24ClN3O5S/c1-25-7-4-13-2-3-15(10-14(13)5-8-25)21(28)26-12-16(11-18(26)31-22(29)30)24-20(27)19-17(23)6-9-32-19/h2-3,6,9-10,16,18H,4-5,7-8,11-12H2,1H3,(H,24,27)(H,29,30)/t16-,18+/m1/s1. The van der Waals surface area contributed by atoms with Gasteiger partial charge in [0.25, 0.3) is 11.8 Å². The highest BCUT2D eigenvalue weighted by Gasteiger charge is 2.39. The third-order valence-electron chi connectivity index (χ3n) is 5.89. The van der Waals surface area contributed by atoms with E-state index in [0.29, 0.717) is 15.5 Å². The Morgan fingerprint density at radius 2 is 1.94 bits per heavy atom. The van der Waals surface area contributed by atoms with Gasteiger partial charge in [0, 0.05) is 31.6 Å². The summed E-state index contributed by atoms with van der Waals surface area (Å²) in [5.74, 6) is -0.671. The van der Waals surface area contributed by atoms with Crippen LogP contribution in [0.1, 0.15) is 37.6 Å². The van der Waals surface area contributed by atoms with Crippen LogP contribution in [0.2, 0.25) is 5.02 Å². The van der Waals surface area contributed by atoms with Crippen molar-refractivity contribution in [3.05, 3.63) is 56.2 Å². The molecule has 0 aliphatic carbocycles. The predicted molar refractivity (Wildman–Crippen MR) is 120 cm³/mol. The molecular weight excluding hydrogens is 454 g/mol. The zero-order chi connectivity index (χ0) is 22.8. The molecule has 10 heteroatoms. The fraction of sp³-hybridized carbons (Fsp3) is 0.409. The van der Waals surface area contributed by atoms with Gasteiger partial charge in [0.2, 0.25) is 0 Å². The number of nitrogens with zero attached hydrogens (tertiary/aromatic N) is 2. The number of likely N-dealkylation sites (tertiary alicyclic amines) is 1. The number of likely N-dealkylation sites (N-methyl/N-ethyl adjacent to an activating group) is 1. The summed E-state index contributed by atoms with van der Waals surface area (Å²) in [6, 6.07) is 6.83. The van der Waals surface area contributed by atoms with E-state index in [0.717, 1.165) is 31.5 Å². The van der Waals surface area contributed by atoms with Crippen LogP contribution in [0.25, 0.3) is 0 Å². The van der Waals surface area contributed by atoms with E-state index in [1.54, 1.807) is 17.5 Å². The summed E-state index contributed by atoms with van der Waals surface area (Å²) in [6.07, 6.45) is -0.501. The molecule has 0 saturated carbocycles. The maximum Gasteiger partial charge on any atom is 0.507 e. The lowest BCUT2D eigenvalue weighted by Gasteiger charge is -2.23. The van der Waals surface area contributed by atoms with E-state index in [1.807, 2.05) is 12.1 Å². The summed E-state index contributed by atoms with van der Waals surface area (Å²) in [6.45, 7) is 2.03. The van der Waals surface area contributed by atoms with E-state index in [9.17, 15) is 14.4 Å². The number of rotatable bonds is 4. The molecule has 0 spiro atoms. The van der Waals surface area contributed by atoms with Crippen molar-refractivity contribution in [2.24, 2.45) is 0 Å². The lowest BCUT2D eigenvalue weighted by Crippen LogP contribution is -2.40. The largest absolute Gasteiger partial charge is 0.507 e. The number of ether oxygens (including phenoxy) is 1. The van der Waals surface area contributed by atoms with Gasteiger partial charge in [-0.05, 0) is 54.6 Å². The molecule has 1 aromatic carbocycles. The number of halogens is 1. The van der Waals surface area contributed by atoms with Crippen molar-refractivity contribution < 1.29 is 24.2 Å². The average Bonchev–Trinajstić information content (AvgIpc) is 3.30. The summed E-state index contributed by atoms with van der Waals surface area (Å²) >= 11 is 7.25. The molecule has 4 rings (SSSR count). The molecule has 8 nitrogen and oxygen atoms in total. The molecule has 1 saturated heterocycles. The van der Waals surface area contributed by atoms with Crippen molar-refractivity contribution in [3.63, 3.8) is 0 Å². The van der Waals surface area contributed by atoms with Gasteiger partial charge in [0.05, 0.1) is 11.1 Å². The number of benzene rings is 1. The number of carbonyl (C=O) groups is 3. The summed E-state index contributed by atoms with van der Waals surface area (Å²) in [5, 5.41) is 14.1. The monoisotopic (exact) mass is 477 g/mol. The molecule has 1 fully saturated rings. The second-order valence-corrected chi connectivity index (χ2v) is 9.41. The van der Waals surface area contributed by atoms with Crippen molar-refractivity contribution >= 4 is 40.9 Å². The highest BCUT2D eigenvalue weighted by molar-refractivity contribution is 7.12. The first kappa shape index (κ1) is 22.6. The molecule has 0 bridgehead atoms. The molecule has 2 aromatic rings. The van der Waals surface area contributed by atoms with Crippen LogP contribution in [0.3, 0.4) is 0 Å². The molecule has 1 aromatic heterocycles. The number of carbonyl (C=O) groups excluding carboxylic acids is 2. The average molecular weight is 478 g/mol. The van der Waals surface area contributed by atoms with Crippen LogP contribution in [0.4, 0.5) is 4.79 Å². The molecule has 2 aliphatic heterocycles. The van der Waals surface area contributed by atoms with Gasteiger partial charge in [0.1, 0.15) is 4.88 Å². The summed E-state index contributed by atoms with van der Waals surface area (Å²) < 4.78 is 4.98. The third kappa shape index (κ3) is 4.90. The number of carboxylic acid groups (broad SMARTS) is 1. The minimum absolute atomic E-state index is 0.144. The van der Waals surface area contributed by atoms with Crippen LogP contribution < -0.4 is 5.32 Å². The van der Waals surface area contributed by atoms with Gasteiger partial charge in [-0.1, -0.05) is 17.7 Å². The van der Waals surface area contributed by atoms with Gasteiger partial charge < -0.3 is 25.0 Å². The van der Waals surface area contributed by atoms with Crippen molar-refractivity contribution in [2.75, 3.05) is 26.7 Å². The SMILES string of the molecule is CN1CCc2ccc(C(=O)N3C[C@H](NC(=O)c4sccc4Cl)C[C@@H]3OC(=O)O)cc2CC1. The van der Waals surface area contributed by atoms with E-state index < -0.39 is 18.4 Å². The van der Waals surface area contributed by atoms with Gasteiger partial charge in [0.15, 0.2) is 6.23 Å². The van der Waals surface area contributed by atoms with Crippen LogP contribution in [0.5, 0.6) is 0 Å². The van der Waals surface area contributed by atoms with E-state index >= 15 is 0 Å². The quantitative estimate of drug-likeness (QED) is 0.656. The van der Waals surface area contributed by atoms with Crippen LogP contribution >= 0.6 is 22.9 Å². The molecule has 2 amide bonds. The number of fused-ring (bicyclic) bond motifs is 1. The number of amides is 2. The molecular formula is C22H24ClN3O5S. The van der Waals surface area contributed by atoms with Gasteiger partial charge >= 0.3 is 6.16 Å². The third-order valence-corrected chi connectivity index (χ3v) is 7.23. The van der Waals surface area contributed by atoms with E-state index in [4.69, 9.17) is 21.4 Å². The molecule has 0 radical (unpaired) electrons. The van der Waals surface area contributed by atoms with Crippen LogP contribution in [-0.2, 0) is 17.6 Å². The van der Waals surface area contributed by atoms with Crippen LogP contribution in [-0.4, -0.2) is 71.8 Å². The normalized spacial score (nSPS) is 21.0. The molecule has 2 atom stereocenters. The van der Waals surface area contributed by atoms with Gasteiger partial charge in [-0.2, -0.15) is 0 Å². The number of hydrogen-bond acceptors (Lipinski definition) is 6. The Hall–Kier alpha value is -2.62. The second-order valence-electron chi connectivity index (χ2n) is 8.09. The highest BCUT2D eigenvalue weighted by Crippen LogP contribution is 2.26. The fourth-order valence-corrected chi connectivity index (χ4v) is 5.23. The lowest BCUT2D eigenvalue weighted by molar-refractivity contribution is -0.00710. The maximum atomic E-state index is 13.3. The Morgan fingerprint density at radius 1 is 1.19 bits per heavy atom. The Kier molecular flexibility index (Phi) is 6.68. The predicted octanol–water partition coefficient (Wildman–Crippen LogP) is 3.10. The number of hydrogen-bond donors (Lipinski definition) is 2. The zero-order valence-electron chi connectivity index (χ0n) is 17.5. The topological polar surface area (TPSA) is 99.2 Å². The smallest absolute Gasteiger partial charge is 0.450 e. The van der Waals surface area contributed by atoms with Crippen LogP contribution in [0, 0.1) is 0 Å². The number of thiophene rings is 1. The Labute approximate surface area is 194 Å². The summed E-state index contributed by atoms with van der Waals surface area (Å²) in [4.78, 5) is 41.0. The first-order valence-electron chi connectivity index (χ1n) is 10.4. The van der Waals surface area contributed by atoms with Crippen molar-refractivity contribution in [1.29, 1.82) is 0 Å². The molecule has 170 valence electrons. The molecule has 2 N–H and O–H groups in total. The lowest BCUT2D eigenvalue weighted by atomic mass is 9.99. The van der Waals surface area contributed by atoms with Gasteiger partial charge in [-0.15, -0.1) is 11.3 Å². The van der Waals surface area contributed by atoms with Gasteiger partial charge in [-0.3, -0.25) is 9.59 Å².